The van der Waals surface area contributed by atoms with Crippen molar-refractivity contribution >= 4 is 0 Å². The molecular weight excluding hydrogens is 360 g/mol. The monoisotopic (exact) mass is 381 g/mol. The number of halogens is 2. The number of hydrogen-bond donors (Lipinski definition) is 0. The van der Waals surface area contributed by atoms with Crippen molar-refractivity contribution < 1.29 is 13.5 Å². The van der Waals surface area contributed by atoms with Gasteiger partial charge in [0, 0.05) is 19.6 Å². The van der Waals surface area contributed by atoms with E-state index in [1.54, 1.807) is 12.1 Å². The largest absolute Gasteiger partial charge is 0.364 e. The summed E-state index contributed by atoms with van der Waals surface area (Å²) < 4.78 is 34.9. The standard InChI is InChI=1S/C22H21F2N3O/c23-18-5-1-16(2-6-18)12-26-10-9-22(14-26)15-27-20(11-25-21(27)13-28-22)17-3-7-19(24)8-4-17/h1-8,11H,9-10,12-15H2/t22-/m1/s1. The number of imidazole rings is 1. The maximum absolute atomic E-state index is 13.3. The number of fused-ring (bicyclic) bond motifs is 1. The third-order valence-electron chi connectivity index (χ3n) is 5.75. The smallest absolute Gasteiger partial charge is 0.135 e. The van der Waals surface area contributed by atoms with Gasteiger partial charge in [-0.3, -0.25) is 4.90 Å². The van der Waals surface area contributed by atoms with E-state index in [0.29, 0.717) is 6.61 Å². The van der Waals surface area contributed by atoms with Crippen LogP contribution in [0, 0.1) is 11.6 Å². The van der Waals surface area contributed by atoms with Gasteiger partial charge in [-0.25, -0.2) is 13.8 Å². The summed E-state index contributed by atoms with van der Waals surface area (Å²) in [6, 6.07) is 13.2. The van der Waals surface area contributed by atoms with Crippen molar-refractivity contribution in [3.05, 3.63) is 77.8 Å². The van der Waals surface area contributed by atoms with Gasteiger partial charge in [0.05, 0.1) is 18.4 Å². The van der Waals surface area contributed by atoms with Gasteiger partial charge in [0.1, 0.15) is 29.7 Å². The summed E-state index contributed by atoms with van der Waals surface area (Å²) >= 11 is 0. The molecule has 0 aliphatic carbocycles. The lowest BCUT2D eigenvalue weighted by Crippen LogP contribution is -2.44. The summed E-state index contributed by atoms with van der Waals surface area (Å²) in [5, 5.41) is 0. The molecule has 2 aliphatic heterocycles. The first-order valence-corrected chi connectivity index (χ1v) is 9.51. The van der Waals surface area contributed by atoms with E-state index in [2.05, 4.69) is 14.5 Å². The van der Waals surface area contributed by atoms with E-state index in [-0.39, 0.29) is 17.2 Å². The number of benzene rings is 2. The van der Waals surface area contributed by atoms with Crippen molar-refractivity contribution in [2.24, 2.45) is 0 Å². The maximum Gasteiger partial charge on any atom is 0.135 e. The van der Waals surface area contributed by atoms with E-state index in [0.717, 1.165) is 55.2 Å². The van der Waals surface area contributed by atoms with Gasteiger partial charge in [-0.2, -0.15) is 0 Å². The van der Waals surface area contributed by atoms with Crippen LogP contribution in [0.2, 0.25) is 0 Å². The molecule has 0 N–H and O–H groups in total. The topological polar surface area (TPSA) is 30.3 Å². The Hall–Kier alpha value is -2.57. The van der Waals surface area contributed by atoms with E-state index < -0.39 is 0 Å². The van der Waals surface area contributed by atoms with Crippen molar-refractivity contribution in [2.75, 3.05) is 13.1 Å². The summed E-state index contributed by atoms with van der Waals surface area (Å²) in [7, 11) is 0. The highest BCUT2D eigenvalue weighted by Crippen LogP contribution is 2.35. The van der Waals surface area contributed by atoms with Gasteiger partial charge < -0.3 is 9.30 Å². The second kappa shape index (κ2) is 6.79. The van der Waals surface area contributed by atoms with Crippen LogP contribution in [0.1, 0.15) is 17.8 Å². The van der Waals surface area contributed by atoms with Gasteiger partial charge in [0.25, 0.3) is 0 Å². The molecule has 1 aromatic heterocycles. The molecule has 4 nitrogen and oxygen atoms in total. The molecule has 1 spiro atoms. The predicted molar refractivity (Wildman–Crippen MR) is 101 cm³/mol. The average Bonchev–Trinajstić information content (AvgIpc) is 3.29. The van der Waals surface area contributed by atoms with Crippen LogP contribution in [0.25, 0.3) is 11.3 Å². The zero-order chi connectivity index (χ0) is 19.1. The Balaban J connectivity index is 1.35. The van der Waals surface area contributed by atoms with Crippen LogP contribution in [-0.4, -0.2) is 33.1 Å². The Morgan fingerprint density at radius 2 is 1.68 bits per heavy atom. The SMILES string of the molecule is Fc1ccc(CN2CC[C@@]3(C2)Cn2c(-c4ccc(F)cc4)cnc2CO3)cc1. The first-order valence-electron chi connectivity index (χ1n) is 9.51. The van der Waals surface area contributed by atoms with Crippen molar-refractivity contribution in [1.82, 2.24) is 14.5 Å². The molecule has 144 valence electrons. The van der Waals surface area contributed by atoms with Gasteiger partial charge in [0.2, 0.25) is 0 Å². The zero-order valence-corrected chi connectivity index (χ0v) is 15.4. The van der Waals surface area contributed by atoms with E-state index in [1.165, 1.54) is 24.3 Å². The Morgan fingerprint density at radius 3 is 2.43 bits per heavy atom. The molecule has 28 heavy (non-hydrogen) atoms. The molecule has 0 unspecified atom stereocenters. The van der Waals surface area contributed by atoms with Crippen LogP contribution in [0.4, 0.5) is 8.78 Å². The summed E-state index contributed by atoms with van der Waals surface area (Å²) in [5.41, 5.74) is 2.81. The second-order valence-corrected chi connectivity index (χ2v) is 7.71. The minimum atomic E-state index is -0.248. The normalized spacial score (nSPS) is 21.9. The molecule has 1 fully saturated rings. The maximum atomic E-state index is 13.3. The molecule has 0 saturated carbocycles. The second-order valence-electron chi connectivity index (χ2n) is 7.71. The van der Waals surface area contributed by atoms with Gasteiger partial charge in [0.15, 0.2) is 0 Å². The third-order valence-corrected chi connectivity index (χ3v) is 5.75. The van der Waals surface area contributed by atoms with Gasteiger partial charge in [-0.15, -0.1) is 0 Å². The number of nitrogens with zero attached hydrogens (tertiary/aromatic N) is 3. The minimum Gasteiger partial charge on any atom is -0.364 e. The van der Waals surface area contributed by atoms with Crippen LogP contribution in [-0.2, 0) is 24.4 Å². The van der Waals surface area contributed by atoms with Crippen LogP contribution in [0.15, 0.2) is 54.7 Å². The Labute approximate surface area is 162 Å². The van der Waals surface area contributed by atoms with Crippen molar-refractivity contribution in [3.63, 3.8) is 0 Å². The molecule has 3 heterocycles. The number of likely N-dealkylation sites (tertiary alicyclic amines) is 1. The predicted octanol–water partition coefficient (Wildman–Crippen LogP) is 4.00. The lowest BCUT2D eigenvalue weighted by Gasteiger charge is -2.35. The van der Waals surface area contributed by atoms with Gasteiger partial charge >= 0.3 is 0 Å². The first kappa shape index (κ1) is 17.5. The number of rotatable bonds is 3. The van der Waals surface area contributed by atoms with Crippen molar-refractivity contribution in [3.8, 4) is 11.3 Å². The summed E-state index contributed by atoms with van der Waals surface area (Å²) in [6.07, 6.45) is 2.78. The fourth-order valence-corrected chi connectivity index (χ4v) is 4.27. The highest BCUT2D eigenvalue weighted by molar-refractivity contribution is 5.59. The third kappa shape index (κ3) is 3.23. The molecule has 6 heteroatoms. The lowest BCUT2D eigenvalue weighted by molar-refractivity contribution is -0.0821. The Bertz CT molecular complexity index is 984. The fourth-order valence-electron chi connectivity index (χ4n) is 4.27. The quantitative estimate of drug-likeness (QED) is 0.687. The lowest BCUT2D eigenvalue weighted by atomic mass is 10.0. The van der Waals surface area contributed by atoms with Crippen molar-refractivity contribution in [2.45, 2.75) is 31.7 Å². The molecule has 5 rings (SSSR count). The molecule has 2 aliphatic rings. The summed E-state index contributed by atoms with van der Waals surface area (Å²) in [6.45, 7) is 3.76. The number of hydrogen-bond acceptors (Lipinski definition) is 3. The molecule has 0 amide bonds. The number of ether oxygens (including phenoxy) is 1. The highest BCUT2D eigenvalue weighted by atomic mass is 19.1. The Kier molecular flexibility index (Phi) is 4.25. The molecular formula is C22H21F2N3O. The fraction of sp³-hybridized carbons (Fsp3) is 0.318. The Morgan fingerprint density at radius 1 is 0.964 bits per heavy atom. The minimum absolute atomic E-state index is 0.210. The van der Waals surface area contributed by atoms with Crippen LogP contribution >= 0.6 is 0 Å². The molecule has 1 atom stereocenters. The van der Waals surface area contributed by atoms with Gasteiger partial charge in [-0.05, 0) is 53.9 Å². The molecule has 0 radical (unpaired) electrons. The van der Waals surface area contributed by atoms with Crippen LogP contribution in [0.3, 0.4) is 0 Å². The summed E-state index contributed by atoms with van der Waals surface area (Å²) in [5.74, 6) is 0.453. The van der Waals surface area contributed by atoms with E-state index in [9.17, 15) is 8.78 Å². The molecule has 2 aromatic carbocycles. The average molecular weight is 381 g/mol. The molecule has 3 aromatic rings. The van der Waals surface area contributed by atoms with Crippen LogP contribution in [0.5, 0.6) is 0 Å². The highest BCUT2D eigenvalue weighted by Gasteiger charge is 2.43. The van der Waals surface area contributed by atoms with E-state index in [4.69, 9.17) is 4.74 Å². The van der Waals surface area contributed by atoms with E-state index in [1.807, 2.05) is 18.3 Å². The van der Waals surface area contributed by atoms with Gasteiger partial charge in [-0.1, -0.05) is 12.1 Å². The van der Waals surface area contributed by atoms with Crippen molar-refractivity contribution in [1.29, 1.82) is 0 Å². The van der Waals surface area contributed by atoms with Crippen LogP contribution < -0.4 is 0 Å². The van der Waals surface area contributed by atoms with E-state index >= 15 is 0 Å². The zero-order valence-electron chi connectivity index (χ0n) is 15.4. The summed E-state index contributed by atoms with van der Waals surface area (Å²) in [4.78, 5) is 6.85. The number of aromatic nitrogens is 2. The first-order chi connectivity index (χ1) is 13.6. The molecule has 0 bridgehead atoms. The molecule has 1 saturated heterocycles.